The minimum absolute atomic E-state index is 0.507. The lowest BCUT2D eigenvalue weighted by atomic mass is 10.1. The zero-order chi connectivity index (χ0) is 13.4. The molecule has 1 rings (SSSR count). The molecule has 0 aliphatic carbocycles. The van der Waals surface area contributed by atoms with Gasteiger partial charge in [-0.1, -0.05) is 25.8 Å². The Hall–Kier alpha value is 0.230. The average Bonchev–Trinajstić information content (AvgIpc) is 2.35. The molecule has 1 saturated heterocycles. The van der Waals surface area contributed by atoms with Crippen LogP contribution in [0.3, 0.4) is 0 Å². The van der Waals surface area contributed by atoms with Crippen molar-refractivity contribution in [2.24, 2.45) is 5.92 Å². The second-order valence-corrected chi connectivity index (χ2v) is 6.64. The Balaban J connectivity index is 2.02. The van der Waals surface area contributed by atoms with Gasteiger partial charge in [0, 0.05) is 32.8 Å². The molecule has 0 aromatic carbocycles. The number of piperidine rings is 1. The van der Waals surface area contributed by atoms with Crippen molar-refractivity contribution in [1.82, 2.24) is 9.21 Å². The molecule has 0 unspecified atom stereocenters. The van der Waals surface area contributed by atoms with Gasteiger partial charge in [0.05, 0.1) is 6.10 Å². The number of likely N-dealkylation sites (tertiary alicyclic amines) is 1. The standard InChI is InChI=1S/C14H30N2OS/c1-13(2)12-16-9-6-14(7-10-16)17-11-5-8-15(3)18-4/h13-14H,5-12H2,1-4H3. The third-order valence-corrected chi connectivity index (χ3v) is 4.25. The van der Waals surface area contributed by atoms with Gasteiger partial charge in [-0.3, -0.25) is 4.31 Å². The van der Waals surface area contributed by atoms with E-state index in [-0.39, 0.29) is 0 Å². The second kappa shape index (κ2) is 9.18. The predicted octanol–water partition coefficient (Wildman–Crippen LogP) is 2.72. The van der Waals surface area contributed by atoms with Crippen molar-refractivity contribution in [2.45, 2.75) is 39.2 Å². The zero-order valence-corrected chi connectivity index (χ0v) is 13.3. The summed E-state index contributed by atoms with van der Waals surface area (Å²) >= 11 is 1.79. The van der Waals surface area contributed by atoms with E-state index < -0.39 is 0 Å². The van der Waals surface area contributed by atoms with Gasteiger partial charge in [0.15, 0.2) is 0 Å². The Kier molecular flexibility index (Phi) is 8.31. The molecule has 3 nitrogen and oxygen atoms in total. The molecular formula is C14H30N2OS. The van der Waals surface area contributed by atoms with Crippen molar-refractivity contribution in [3.8, 4) is 0 Å². The van der Waals surface area contributed by atoms with Crippen LogP contribution in [0, 0.1) is 5.92 Å². The van der Waals surface area contributed by atoms with Crippen LogP contribution in [-0.4, -0.2) is 61.4 Å². The van der Waals surface area contributed by atoms with E-state index in [4.69, 9.17) is 4.74 Å². The van der Waals surface area contributed by atoms with Crippen LogP contribution >= 0.6 is 11.9 Å². The SMILES string of the molecule is CSN(C)CCCOC1CCN(CC(C)C)CC1. The van der Waals surface area contributed by atoms with Crippen molar-refractivity contribution in [1.29, 1.82) is 0 Å². The van der Waals surface area contributed by atoms with E-state index in [1.54, 1.807) is 11.9 Å². The van der Waals surface area contributed by atoms with Gasteiger partial charge in [-0.25, -0.2) is 0 Å². The number of hydrogen-bond acceptors (Lipinski definition) is 4. The molecule has 0 amide bonds. The maximum absolute atomic E-state index is 5.97. The lowest BCUT2D eigenvalue weighted by molar-refractivity contribution is 0.00388. The van der Waals surface area contributed by atoms with Gasteiger partial charge in [-0.05, 0) is 38.5 Å². The first-order valence-electron chi connectivity index (χ1n) is 7.21. The fraction of sp³-hybridized carbons (Fsp3) is 1.00. The molecule has 0 N–H and O–H groups in total. The molecule has 0 bridgehead atoms. The summed E-state index contributed by atoms with van der Waals surface area (Å²) in [5.41, 5.74) is 0. The van der Waals surface area contributed by atoms with E-state index >= 15 is 0 Å². The van der Waals surface area contributed by atoms with Crippen LogP contribution in [0.2, 0.25) is 0 Å². The van der Waals surface area contributed by atoms with Crippen LogP contribution in [0.1, 0.15) is 33.1 Å². The van der Waals surface area contributed by atoms with Crippen LogP contribution in [0.15, 0.2) is 0 Å². The van der Waals surface area contributed by atoms with E-state index in [2.05, 4.69) is 36.4 Å². The smallest absolute Gasteiger partial charge is 0.0599 e. The van der Waals surface area contributed by atoms with E-state index in [1.165, 1.54) is 32.5 Å². The van der Waals surface area contributed by atoms with E-state index in [0.717, 1.165) is 25.5 Å². The Morgan fingerprint density at radius 1 is 1.33 bits per heavy atom. The predicted molar refractivity (Wildman–Crippen MR) is 81.0 cm³/mol. The minimum atomic E-state index is 0.507. The minimum Gasteiger partial charge on any atom is -0.378 e. The topological polar surface area (TPSA) is 15.7 Å². The largest absolute Gasteiger partial charge is 0.378 e. The molecule has 0 atom stereocenters. The molecule has 0 radical (unpaired) electrons. The van der Waals surface area contributed by atoms with Gasteiger partial charge in [0.2, 0.25) is 0 Å². The first kappa shape index (κ1) is 16.3. The quantitative estimate of drug-likeness (QED) is 0.499. The lowest BCUT2D eigenvalue weighted by Crippen LogP contribution is -2.39. The highest BCUT2D eigenvalue weighted by molar-refractivity contribution is 7.96. The van der Waals surface area contributed by atoms with Crippen LogP contribution in [-0.2, 0) is 4.74 Å². The third-order valence-electron chi connectivity index (χ3n) is 3.44. The van der Waals surface area contributed by atoms with Crippen molar-refractivity contribution < 1.29 is 4.74 Å². The van der Waals surface area contributed by atoms with Crippen molar-refractivity contribution in [3.63, 3.8) is 0 Å². The first-order valence-corrected chi connectivity index (χ1v) is 8.39. The Morgan fingerprint density at radius 3 is 2.56 bits per heavy atom. The van der Waals surface area contributed by atoms with Crippen LogP contribution < -0.4 is 0 Å². The van der Waals surface area contributed by atoms with Crippen LogP contribution in [0.4, 0.5) is 0 Å². The van der Waals surface area contributed by atoms with Crippen LogP contribution in [0.25, 0.3) is 0 Å². The maximum atomic E-state index is 5.97. The molecule has 1 aliphatic rings. The molecule has 0 aromatic heterocycles. The number of rotatable bonds is 8. The highest BCUT2D eigenvalue weighted by atomic mass is 32.2. The summed E-state index contributed by atoms with van der Waals surface area (Å²) < 4.78 is 8.23. The molecule has 1 fully saturated rings. The Morgan fingerprint density at radius 2 is 2.00 bits per heavy atom. The van der Waals surface area contributed by atoms with Crippen molar-refractivity contribution in [3.05, 3.63) is 0 Å². The molecule has 1 aliphatic heterocycles. The van der Waals surface area contributed by atoms with Crippen LogP contribution in [0.5, 0.6) is 0 Å². The van der Waals surface area contributed by atoms with Gasteiger partial charge in [0.25, 0.3) is 0 Å². The zero-order valence-electron chi connectivity index (χ0n) is 12.5. The van der Waals surface area contributed by atoms with Gasteiger partial charge < -0.3 is 9.64 Å². The molecule has 0 aromatic rings. The molecule has 0 spiro atoms. The number of nitrogens with zero attached hydrogens (tertiary/aromatic N) is 2. The molecule has 4 heteroatoms. The Labute approximate surface area is 117 Å². The Bertz CT molecular complexity index is 206. The molecule has 0 saturated carbocycles. The average molecular weight is 274 g/mol. The second-order valence-electron chi connectivity index (χ2n) is 5.65. The summed E-state index contributed by atoms with van der Waals surface area (Å²) in [4.78, 5) is 2.58. The fourth-order valence-electron chi connectivity index (χ4n) is 2.40. The highest BCUT2D eigenvalue weighted by Crippen LogP contribution is 2.15. The summed E-state index contributed by atoms with van der Waals surface area (Å²) in [5, 5.41) is 0. The maximum Gasteiger partial charge on any atom is 0.0599 e. The van der Waals surface area contributed by atoms with Crippen molar-refractivity contribution in [2.75, 3.05) is 46.1 Å². The highest BCUT2D eigenvalue weighted by Gasteiger charge is 2.19. The molecule has 108 valence electrons. The summed E-state index contributed by atoms with van der Waals surface area (Å²) in [6, 6.07) is 0. The van der Waals surface area contributed by atoms with Gasteiger partial charge in [-0.15, -0.1) is 0 Å². The first-order chi connectivity index (χ1) is 8.61. The normalized spacial score (nSPS) is 19.0. The molecular weight excluding hydrogens is 244 g/mol. The van der Waals surface area contributed by atoms with E-state index in [1.807, 2.05) is 0 Å². The number of hydrogen-bond donors (Lipinski definition) is 0. The summed E-state index contributed by atoms with van der Waals surface area (Å²) in [7, 11) is 2.13. The summed E-state index contributed by atoms with van der Waals surface area (Å²) in [6.07, 6.45) is 6.19. The monoisotopic (exact) mass is 274 g/mol. The third kappa shape index (κ3) is 6.98. The molecule has 18 heavy (non-hydrogen) atoms. The lowest BCUT2D eigenvalue weighted by Gasteiger charge is -2.32. The van der Waals surface area contributed by atoms with Crippen molar-refractivity contribution >= 4 is 11.9 Å². The van der Waals surface area contributed by atoms with E-state index in [0.29, 0.717) is 6.10 Å². The van der Waals surface area contributed by atoms with Gasteiger partial charge >= 0.3 is 0 Å². The number of ether oxygens (including phenoxy) is 1. The van der Waals surface area contributed by atoms with Gasteiger partial charge in [-0.2, -0.15) is 0 Å². The molecule has 1 heterocycles. The van der Waals surface area contributed by atoms with E-state index in [9.17, 15) is 0 Å². The fourth-order valence-corrected chi connectivity index (χ4v) is 2.72. The summed E-state index contributed by atoms with van der Waals surface area (Å²) in [6.45, 7) is 10.3. The van der Waals surface area contributed by atoms with Gasteiger partial charge in [0.1, 0.15) is 0 Å². The summed E-state index contributed by atoms with van der Waals surface area (Å²) in [5.74, 6) is 0.782.